The zero-order valence-corrected chi connectivity index (χ0v) is 8.05. The van der Waals surface area contributed by atoms with E-state index >= 15 is 0 Å². The molecule has 0 bridgehead atoms. The Morgan fingerprint density at radius 2 is 2.00 bits per heavy atom. The molecule has 0 aromatic heterocycles. The fraction of sp³-hybridized carbons (Fsp3) is 0.600. The molecule has 1 fully saturated rings. The van der Waals surface area contributed by atoms with Gasteiger partial charge in [0.2, 0.25) is 0 Å². The third kappa shape index (κ3) is 3.40. The van der Waals surface area contributed by atoms with E-state index in [4.69, 9.17) is 5.73 Å². The lowest BCUT2D eigenvalue weighted by atomic mass is 9.96. The molecule has 1 saturated carbocycles. The molecule has 0 atom stereocenters. The molecule has 0 aromatic carbocycles. The lowest BCUT2D eigenvalue weighted by Crippen LogP contribution is -2.19. The molecule has 2 N–H and O–H groups in total. The van der Waals surface area contributed by atoms with Crippen LogP contribution in [0.2, 0.25) is 0 Å². The molecule has 0 radical (unpaired) electrons. The van der Waals surface area contributed by atoms with Gasteiger partial charge in [0, 0.05) is 6.20 Å². The summed E-state index contributed by atoms with van der Waals surface area (Å²) in [7, 11) is 0. The zero-order valence-electron chi connectivity index (χ0n) is 8.05. The van der Waals surface area contributed by atoms with Crippen LogP contribution in [0.25, 0.3) is 0 Å². The molecule has 0 unspecified atom stereocenters. The highest BCUT2D eigenvalue weighted by Crippen LogP contribution is 2.22. The van der Waals surface area contributed by atoms with E-state index in [1.807, 2.05) is 0 Å². The maximum absolute atomic E-state index is 10.6. The lowest BCUT2D eigenvalue weighted by molar-refractivity contribution is -0.112. The first-order valence-corrected chi connectivity index (χ1v) is 4.72. The maximum atomic E-state index is 10.6. The summed E-state index contributed by atoms with van der Waals surface area (Å²) in [5.74, 6) is -0.437. The van der Waals surface area contributed by atoms with E-state index in [0.717, 1.165) is 12.8 Å². The molecule has 1 amide bonds. The first kappa shape index (κ1) is 9.96. The van der Waals surface area contributed by atoms with Crippen LogP contribution in [0.5, 0.6) is 0 Å². The van der Waals surface area contributed by atoms with Crippen LogP contribution in [-0.4, -0.2) is 11.6 Å². The quantitative estimate of drug-likeness (QED) is 0.647. The van der Waals surface area contributed by atoms with Crippen molar-refractivity contribution in [2.75, 3.05) is 0 Å². The maximum Gasteiger partial charge on any atom is 0.262 e. The highest BCUT2D eigenvalue weighted by molar-refractivity contribution is 6.37. The van der Waals surface area contributed by atoms with Gasteiger partial charge in [-0.3, -0.25) is 9.79 Å². The van der Waals surface area contributed by atoms with Gasteiger partial charge >= 0.3 is 0 Å². The molecule has 0 aliphatic heterocycles. The molecule has 3 nitrogen and oxygen atoms in total. The fourth-order valence-electron chi connectivity index (χ4n) is 1.39. The van der Waals surface area contributed by atoms with Gasteiger partial charge in [0.05, 0.1) is 0 Å². The van der Waals surface area contributed by atoms with Crippen molar-refractivity contribution in [2.24, 2.45) is 10.7 Å². The zero-order chi connectivity index (χ0) is 9.68. The summed E-state index contributed by atoms with van der Waals surface area (Å²) in [5.41, 5.74) is 6.78. The summed E-state index contributed by atoms with van der Waals surface area (Å²) in [4.78, 5) is 14.7. The van der Waals surface area contributed by atoms with Gasteiger partial charge in [-0.1, -0.05) is 12.0 Å². The van der Waals surface area contributed by atoms with Gasteiger partial charge < -0.3 is 5.73 Å². The number of carbonyl (C=O) groups is 1. The largest absolute Gasteiger partial charge is 0.365 e. The van der Waals surface area contributed by atoms with E-state index in [1.165, 1.54) is 24.8 Å². The van der Waals surface area contributed by atoms with E-state index in [0.29, 0.717) is 5.71 Å². The van der Waals surface area contributed by atoms with Gasteiger partial charge in [-0.15, -0.1) is 0 Å². The van der Waals surface area contributed by atoms with Gasteiger partial charge in [0.1, 0.15) is 5.71 Å². The topological polar surface area (TPSA) is 55.4 Å². The minimum atomic E-state index is -0.437. The molecular weight excluding hydrogens is 164 g/mol. The van der Waals surface area contributed by atoms with E-state index in [9.17, 15) is 4.79 Å². The molecule has 1 rings (SSSR count). The number of aliphatic imine (C=N–C) groups is 1. The van der Waals surface area contributed by atoms with Crippen molar-refractivity contribution < 1.29 is 4.79 Å². The van der Waals surface area contributed by atoms with Crippen LogP contribution < -0.4 is 5.73 Å². The molecular formula is C10H16N2O. The summed E-state index contributed by atoms with van der Waals surface area (Å²) in [6.45, 7) is 1.64. The molecule has 0 aromatic rings. The predicted molar refractivity (Wildman–Crippen MR) is 53.5 cm³/mol. The van der Waals surface area contributed by atoms with E-state index in [1.54, 1.807) is 13.1 Å². The minimum Gasteiger partial charge on any atom is -0.365 e. The summed E-state index contributed by atoms with van der Waals surface area (Å²) in [6.07, 6.45) is 7.86. The van der Waals surface area contributed by atoms with Crippen molar-refractivity contribution in [3.05, 3.63) is 11.8 Å². The first-order chi connectivity index (χ1) is 6.20. The smallest absolute Gasteiger partial charge is 0.262 e. The summed E-state index contributed by atoms with van der Waals surface area (Å²) in [5, 5.41) is 0. The van der Waals surface area contributed by atoms with Crippen LogP contribution in [0.15, 0.2) is 16.8 Å². The summed E-state index contributed by atoms with van der Waals surface area (Å²) < 4.78 is 0. The van der Waals surface area contributed by atoms with Gasteiger partial charge in [-0.05, 0) is 32.6 Å². The minimum absolute atomic E-state index is 0.387. The van der Waals surface area contributed by atoms with Crippen LogP contribution in [-0.2, 0) is 4.79 Å². The lowest BCUT2D eigenvalue weighted by Gasteiger charge is -2.11. The van der Waals surface area contributed by atoms with Gasteiger partial charge in [0.15, 0.2) is 0 Å². The van der Waals surface area contributed by atoms with Gasteiger partial charge in [0.25, 0.3) is 5.91 Å². The van der Waals surface area contributed by atoms with Crippen LogP contribution in [0, 0.1) is 0 Å². The third-order valence-corrected chi connectivity index (χ3v) is 2.29. The number of hydrogen-bond acceptors (Lipinski definition) is 2. The van der Waals surface area contributed by atoms with Crippen LogP contribution in [0.1, 0.15) is 39.0 Å². The first-order valence-electron chi connectivity index (χ1n) is 4.72. The Morgan fingerprint density at radius 1 is 1.38 bits per heavy atom. The molecule has 13 heavy (non-hydrogen) atoms. The number of hydrogen-bond donors (Lipinski definition) is 1. The Morgan fingerprint density at radius 3 is 2.54 bits per heavy atom. The van der Waals surface area contributed by atoms with Gasteiger partial charge in [-0.25, -0.2) is 0 Å². The van der Waals surface area contributed by atoms with Crippen molar-refractivity contribution >= 4 is 11.6 Å². The highest BCUT2D eigenvalue weighted by atomic mass is 16.1. The standard InChI is InChI=1S/C10H16N2O/c1-8(10(11)13)12-7-9-5-3-2-4-6-9/h7H,2-6H2,1H3,(H2,11,13). The average Bonchev–Trinajstić information content (AvgIpc) is 2.15. The number of rotatable bonds is 2. The Bertz CT molecular complexity index is 246. The van der Waals surface area contributed by atoms with Crippen molar-refractivity contribution in [3.8, 4) is 0 Å². The fourth-order valence-corrected chi connectivity index (χ4v) is 1.39. The molecule has 72 valence electrons. The third-order valence-electron chi connectivity index (χ3n) is 2.29. The Balaban J connectivity index is 2.54. The SMILES string of the molecule is CC(=NC=C1CCCCC1)C(N)=O. The normalized spacial score (nSPS) is 18.5. The monoisotopic (exact) mass is 180 g/mol. The van der Waals surface area contributed by atoms with E-state index in [2.05, 4.69) is 4.99 Å². The van der Waals surface area contributed by atoms with Gasteiger partial charge in [-0.2, -0.15) is 0 Å². The van der Waals surface area contributed by atoms with Crippen molar-refractivity contribution in [3.63, 3.8) is 0 Å². The molecule has 0 spiro atoms. The average molecular weight is 180 g/mol. The van der Waals surface area contributed by atoms with E-state index < -0.39 is 5.91 Å². The summed E-state index contributed by atoms with van der Waals surface area (Å²) >= 11 is 0. The summed E-state index contributed by atoms with van der Waals surface area (Å²) in [6, 6.07) is 0. The van der Waals surface area contributed by atoms with Crippen LogP contribution in [0.3, 0.4) is 0 Å². The van der Waals surface area contributed by atoms with Crippen LogP contribution in [0.4, 0.5) is 0 Å². The second-order valence-corrected chi connectivity index (χ2v) is 3.43. The van der Waals surface area contributed by atoms with Crippen molar-refractivity contribution in [1.29, 1.82) is 0 Å². The molecule has 1 aliphatic carbocycles. The molecule has 1 aliphatic rings. The number of nitrogens with zero attached hydrogens (tertiary/aromatic N) is 1. The second kappa shape index (κ2) is 4.80. The molecule has 0 heterocycles. The Labute approximate surface area is 78.7 Å². The molecule has 0 saturated heterocycles. The number of nitrogens with two attached hydrogens (primary N) is 1. The van der Waals surface area contributed by atoms with E-state index in [-0.39, 0.29) is 0 Å². The number of allylic oxidation sites excluding steroid dienone is 1. The Kier molecular flexibility index (Phi) is 3.68. The van der Waals surface area contributed by atoms with Crippen molar-refractivity contribution in [1.82, 2.24) is 0 Å². The Hall–Kier alpha value is -1.12. The van der Waals surface area contributed by atoms with Crippen LogP contribution >= 0.6 is 0 Å². The number of amides is 1. The molecule has 3 heteroatoms. The second-order valence-electron chi connectivity index (χ2n) is 3.43. The number of carbonyl (C=O) groups excluding carboxylic acids is 1. The predicted octanol–water partition coefficient (Wildman–Crippen LogP) is 1.78. The number of primary amides is 1. The van der Waals surface area contributed by atoms with Crippen molar-refractivity contribution in [2.45, 2.75) is 39.0 Å². The highest BCUT2D eigenvalue weighted by Gasteiger charge is 2.04.